The largest absolute Gasteiger partial charge is 0.416 e. The second-order valence-corrected chi connectivity index (χ2v) is 6.30. The number of anilines is 1. The van der Waals surface area contributed by atoms with Crippen molar-refractivity contribution < 1.29 is 22.4 Å². The van der Waals surface area contributed by atoms with Crippen molar-refractivity contribution in [3.05, 3.63) is 64.4 Å². The van der Waals surface area contributed by atoms with Crippen LogP contribution in [0.25, 0.3) is 0 Å². The van der Waals surface area contributed by atoms with Gasteiger partial charge in [-0.25, -0.2) is 4.39 Å². The highest BCUT2D eigenvalue weighted by molar-refractivity contribution is 6.30. The zero-order chi connectivity index (χ0) is 19.5. The lowest BCUT2D eigenvalue weighted by Crippen LogP contribution is -2.39. The SMILES string of the molecule is CC(C(=O)Nc1ccc(Cl)cc1F)N(C)Cc1ccccc1C(F)(F)F. The Bertz CT molecular complexity index is 795. The van der Waals surface area contributed by atoms with E-state index in [2.05, 4.69) is 5.32 Å². The molecule has 0 fully saturated rings. The molecule has 8 heteroatoms. The van der Waals surface area contributed by atoms with Gasteiger partial charge in [-0.1, -0.05) is 29.8 Å². The van der Waals surface area contributed by atoms with Crippen LogP contribution in [0.4, 0.5) is 23.2 Å². The van der Waals surface area contributed by atoms with Crippen LogP contribution in [0.15, 0.2) is 42.5 Å². The molecule has 0 aliphatic heterocycles. The van der Waals surface area contributed by atoms with Gasteiger partial charge in [0.1, 0.15) is 5.82 Å². The van der Waals surface area contributed by atoms with Crippen LogP contribution in [0.5, 0.6) is 0 Å². The van der Waals surface area contributed by atoms with Gasteiger partial charge in [0.2, 0.25) is 5.91 Å². The van der Waals surface area contributed by atoms with E-state index in [1.54, 1.807) is 0 Å². The number of nitrogens with one attached hydrogen (secondary N) is 1. The van der Waals surface area contributed by atoms with Gasteiger partial charge in [0, 0.05) is 11.6 Å². The van der Waals surface area contributed by atoms with Crippen molar-refractivity contribution in [2.75, 3.05) is 12.4 Å². The van der Waals surface area contributed by atoms with Crippen LogP contribution >= 0.6 is 11.6 Å². The van der Waals surface area contributed by atoms with Gasteiger partial charge >= 0.3 is 6.18 Å². The number of halogens is 5. The van der Waals surface area contributed by atoms with Crippen molar-refractivity contribution in [3.63, 3.8) is 0 Å². The molecule has 2 rings (SSSR count). The summed E-state index contributed by atoms with van der Waals surface area (Å²) in [5, 5.41) is 2.60. The van der Waals surface area contributed by atoms with Gasteiger partial charge < -0.3 is 5.32 Å². The zero-order valence-electron chi connectivity index (χ0n) is 14.1. The first kappa shape index (κ1) is 20.2. The van der Waals surface area contributed by atoms with Crippen molar-refractivity contribution in [2.24, 2.45) is 0 Å². The van der Waals surface area contributed by atoms with E-state index in [0.717, 1.165) is 12.1 Å². The van der Waals surface area contributed by atoms with Crippen molar-refractivity contribution in [3.8, 4) is 0 Å². The van der Waals surface area contributed by atoms with Crippen molar-refractivity contribution >= 4 is 23.2 Å². The van der Waals surface area contributed by atoms with Crippen LogP contribution in [0.2, 0.25) is 5.02 Å². The number of alkyl halides is 3. The molecule has 0 aromatic heterocycles. The molecule has 140 valence electrons. The van der Waals surface area contributed by atoms with Crippen LogP contribution in [0.1, 0.15) is 18.1 Å². The van der Waals surface area contributed by atoms with Gasteiger partial charge in [-0.2, -0.15) is 13.2 Å². The molecule has 1 amide bonds. The van der Waals surface area contributed by atoms with Crippen LogP contribution in [-0.2, 0) is 17.5 Å². The Labute approximate surface area is 153 Å². The lowest BCUT2D eigenvalue weighted by Gasteiger charge is -2.25. The van der Waals surface area contributed by atoms with Gasteiger partial charge in [0.05, 0.1) is 17.3 Å². The molecule has 1 N–H and O–H groups in total. The van der Waals surface area contributed by atoms with Crippen molar-refractivity contribution in [2.45, 2.75) is 25.7 Å². The minimum absolute atomic E-state index is 0.0460. The molecule has 0 aliphatic rings. The summed E-state index contributed by atoms with van der Waals surface area (Å²) < 4.78 is 53.0. The number of carbonyl (C=O) groups is 1. The Hall–Kier alpha value is -2.12. The first-order valence-corrected chi connectivity index (χ1v) is 8.08. The molecule has 0 heterocycles. The summed E-state index contributed by atoms with van der Waals surface area (Å²) in [5.41, 5.74) is -0.738. The summed E-state index contributed by atoms with van der Waals surface area (Å²) in [5.74, 6) is -1.23. The number of amides is 1. The highest BCUT2D eigenvalue weighted by Crippen LogP contribution is 2.32. The molecular formula is C18H17ClF4N2O. The molecule has 0 spiro atoms. The predicted molar refractivity (Wildman–Crippen MR) is 92.4 cm³/mol. The molecule has 2 aromatic rings. The Morgan fingerprint density at radius 2 is 1.88 bits per heavy atom. The molecule has 2 aromatic carbocycles. The third-order valence-corrected chi connectivity index (χ3v) is 4.21. The number of rotatable bonds is 5. The fourth-order valence-electron chi connectivity index (χ4n) is 2.37. The first-order valence-electron chi connectivity index (χ1n) is 7.71. The van der Waals surface area contributed by atoms with E-state index < -0.39 is 29.5 Å². The highest BCUT2D eigenvalue weighted by Gasteiger charge is 2.33. The molecule has 0 saturated heterocycles. The Morgan fingerprint density at radius 1 is 1.23 bits per heavy atom. The molecule has 0 radical (unpaired) electrons. The summed E-state index contributed by atoms with van der Waals surface area (Å²) in [7, 11) is 1.52. The molecule has 0 saturated carbocycles. The molecule has 26 heavy (non-hydrogen) atoms. The normalized spacial score (nSPS) is 12.9. The molecule has 1 atom stereocenters. The second kappa shape index (κ2) is 8.05. The number of nitrogens with zero attached hydrogens (tertiary/aromatic N) is 1. The third-order valence-electron chi connectivity index (χ3n) is 3.97. The smallest absolute Gasteiger partial charge is 0.322 e. The standard InChI is InChI=1S/C18H17ClF4N2O/c1-11(17(26)24-16-8-7-13(19)9-15(16)20)25(2)10-12-5-3-4-6-14(12)18(21,22)23/h3-9,11H,10H2,1-2H3,(H,24,26). The topological polar surface area (TPSA) is 32.3 Å². The minimum atomic E-state index is -4.48. The molecule has 0 bridgehead atoms. The minimum Gasteiger partial charge on any atom is -0.322 e. The summed E-state index contributed by atoms with van der Waals surface area (Å²) in [6, 6.07) is 8.20. The van der Waals surface area contributed by atoms with E-state index in [4.69, 9.17) is 11.6 Å². The van der Waals surface area contributed by atoms with E-state index in [1.807, 2.05) is 0 Å². The van der Waals surface area contributed by atoms with Crippen LogP contribution in [0.3, 0.4) is 0 Å². The lowest BCUT2D eigenvalue weighted by molar-refractivity contribution is -0.138. The van der Waals surface area contributed by atoms with Crippen LogP contribution in [0, 0.1) is 5.82 Å². The Kier molecular flexibility index (Phi) is 6.26. The van der Waals surface area contributed by atoms with Crippen LogP contribution < -0.4 is 5.32 Å². The van der Waals surface area contributed by atoms with E-state index >= 15 is 0 Å². The van der Waals surface area contributed by atoms with Crippen molar-refractivity contribution in [1.29, 1.82) is 0 Å². The number of likely N-dealkylation sites (N-methyl/N-ethyl adjacent to an activating group) is 1. The zero-order valence-corrected chi connectivity index (χ0v) is 14.8. The molecule has 0 aliphatic carbocycles. The maximum atomic E-state index is 13.8. The van der Waals surface area contributed by atoms with Gasteiger partial charge in [-0.05, 0) is 43.8 Å². The lowest BCUT2D eigenvalue weighted by atomic mass is 10.1. The number of carbonyl (C=O) groups excluding carboxylic acids is 1. The van der Waals surface area contributed by atoms with Gasteiger partial charge in [-0.15, -0.1) is 0 Å². The fraction of sp³-hybridized carbons (Fsp3) is 0.278. The average molecular weight is 389 g/mol. The van der Waals surface area contributed by atoms with Crippen LogP contribution in [-0.4, -0.2) is 23.9 Å². The third kappa shape index (κ3) is 4.95. The average Bonchev–Trinajstić information content (AvgIpc) is 2.56. The quantitative estimate of drug-likeness (QED) is 0.734. The summed E-state index contributed by atoms with van der Waals surface area (Å²) in [6.07, 6.45) is -4.48. The summed E-state index contributed by atoms with van der Waals surface area (Å²) in [6.45, 7) is 1.44. The maximum absolute atomic E-state index is 13.8. The molecular weight excluding hydrogens is 372 g/mol. The summed E-state index contributed by atoms with van der Waals surface area (Å²) in [4.78, 5) is 13.7. The van der Waals surface area contributed by atoms with E-state index in [9.17, 15) is 22.4 Å². The first-order chi connectivity index (χ1) is 12.1. The van der Waals surface area contributed by atoms with E-state index in [1.165, 1.54) is 49.2 Å². The fourth-order valence-corrected chi connectivity index (χ4v) is 2.53. The van der Waals surface area contributed by atoms with Gasteiger partial charge in [-0.3, -0.25) is 9.69 Å². The number of hydrogen-bond acceptors (Lipinski definition) is 2. The van der Waals surface area contributed by atoms with Gasteiger partial charge in [0.15, 0.2) is 0 Å². The highest BCUT2D eigenvalue weighted by atomic mass is 35.5. The Morgan fingerprint density at radius 3 is 2.50 bits per heavy atom. The Balaban J connectivity index is 2.10. The maximum Gasteiger partial charge on any atom is 0.416 e. The monoisotopic (exact) mass is 388 g/mol. The molecule has 1 unspecified atom stereocenters. The van der Waals surface area contributed by atoms with Crippen molar-refractivity contribution in [1.82, 2.24) is 4.90 Å². The molecule has 3 nitrogen and oxygen atoms in total. The number of hydrogen-bond donors (Lipinski definition) is 1. The number of benzene rings is 2. The predicted octanol–water partition coefficient (Wildman–Crippen LogP) is 4.96. The van der Waals surface area contributed by atoms with E-state index in [0.29, 0.717) is 0 Å². The summed E-state index contributed by atoms with van der Waals surface area (Å²) >= 11 is 5.66. The second-order valence-electron chi connectivity index (χ2n) is 5.86. The van der Waals surface area contributed by atoms with E-state index in [-0.39, 0.29) is 22.8 Å². The van der Waals surface area contributed by atoms with Gasteiger partial charge in [0.25, 0.3) is 0 Å².